The van der Waals surface area contributed by atoms with Gasteiger partial charge in [-0.1, -0.05) is 97.1 Å². The second-order valence-corrected chi connectivity index (χ2v) is 8.16. The van der Waals surface area contributed by atoms with Crippen LogP contribution >= 0.6 is 0 Å². The summed E-state index contributed by atoms with van der Waals surface area (Å²) in [4.78, 5) is 12.3. The number of benzene rings is 4. The lowest BCUT2D eigenvalue weighted by Gasteiger charge is -2.11. The molecule has 4 heteroatoms. The molecule has 4 aromatic carbocycles. The van der Waals surface area contributed by atoms with Gasteiger partial charge in [0.1, 0.15) is 11.4 Å². The van der Waals surface area contributed by atoms with Crippen LogP contribution < -0.4 is 4.74 Å². The van der Waals surface area contributed by atoms with Crippen molar-refractivity contribution in [3.8, 4) is 5.75 Å². The normalized spacial score (nSPS) is 11.4. The zero-order chi connectivity index (χ0) is 23.3. The third-order valence-corrected chi connectivity index (χ3v) is 5.99. The predicted octanol–water partition coefficient (Wildman–Crippen LogP) is 7.13. The third kappa shape index (κ3) is 4.30. The van der Waals surface area contributed by atoms with Crippen LogP contribution in [0.25, 0.3) is 33.8 Å². The Morgan fingerprint density at radius 3 is 2.32 bits per heavy atom. The van der Waals surface area contributed by atoms with Crippen LogP contribution in [0.4, 0.5) is 0 Å². The number of aryl methyl sites for hydroxylation is 1. The second kappa shape index (κ2) is 9.67. The number of carboxylic acids is 1. The summed E-state index contributed by atoms with van der Waals surface area (Å²) in [5.41, 5.74) is 2.97. The minimum Gasteiger partial charge on any atom is -0.493 e. The number of para-hydroxylation sites is 1. The molecule has 0 atom stereocenters. The SMILES string of the molecule is O=C(O)c1c(C=Cc2ccccc2)c2ccccc2n1CCCOc1cccc2ccccc12. The molecule has 0 aliphatic rings. The van der Waals surface area contributed by atoms with Crippen molar-refractivity contribution in [1.82, 2.24) is 4.57 Å². The summed E-state index contributed by atoms with van der Waals surface area (Å²) in [5, 5.41) is 13.3. The molecule has 0 radical (unpaired) electrons. The van der Waals surface area contributed by atoms with Gasteiger partial charge < -0.3 is 14.4 Å². The maximum absolute atomic E-state index is 12.3. The number of carboxylic acid groups (broad SMARTS) is 1. The lowest BCUT2D eigenvalue weighted by molar-refractivity contribution is 0.0685. The highest BCUT2D eigenvalue weighted by Crippen LogP contribution is 2.29. The van der Waals surface area contributed by atoms with Crippen molar-refractivity contribution < 1.29 is 14.6 Å². The Bertz CT molecular complexity index is 1480. The van der Waals surface area contributed by atoms with E-state index in [4.69, 9.17) is 4.74 Å². The van der Waals surface area contributed by atoms with Gasteiger partial charge in [-0.2, -0.15) is 0 Å². The highest BCUT2D eigenvalue weighted by atomic mass is 16.5. The number of aromatic nitrogens is 1. The molecule has 0 spiro atoms. The zero-order valence-electron chi connectivity index (χ0n) is 18.7. The second-order valence-electron chi connectivity index (χ2n) is 8.16. The zero-order valence-corrected chi connectivity index (χ0v) is 18.7. The first-order valence-electron chi connectivity index (χ1n) is 11.4. The fourth-order valence-corrected chi connectivity index (χ4v) is 4.43. The molecule has 1 N–H and O–H groups in total. The Kier molecular flexibility index (Phi) is 6.13. The molecule has 4 nitrogen and oxygen atoms in total. The van der Waals surface area contributed by atoms with Crippen molar-refractivity contribution in [3.05, 3.63) is 114 Å². The molecule has 0 bridgehead atoms. The van der Waals surface area contributed by atoms with E-state index in [1.54, 1.807) is 0 Å². The smallest absolute Gasteiger partial charge is 0.353 e. The van der Waals surface area contributed by atoms with Crippen molar-refractivity contribution in [1.29, 1.82) is 0 Å². The lowest BCUT2D eigenvalue weighted by atomic mass is 10.1. The minimum atomic E-state index is -0.932. The van der Waals surface area contributed by atoms with E-state index < -0.39 is 5.97 Å². The number of aromatic carboxylic acids is 1. The van der Waals surface area contributed by atoms with Crippen LogP contribution in [0, 0.1) is 0 Å². The van der Waals surface area contributed by atoms with Crippen molar-refractivity contribution in [2.45, 2.75) is 13.0 Å². The highest BCUT2D eigenvalue weighted by molar-refractivity contribution is 6.03. The van der Waals surface area contributed by atoms with Crippen LogP contribution in [0.3, 0.4) is 0 Å². The molecule has 168 valence electrons. The number of carbonyl (C=O) groups is 1. The average molecular weight is 448 g/mol. The van der Waals surface area contributed by atoms with Gasteiger partial charge in [0, 0.05) is 28.4 Å². The fraction of sp³-hybridized carbons (Fsp3) is 0.100. The third-order valence-electron chi connectivity index (χ3n) is 5.99. The van der Waals surface area contributed by atoms with Crippen molar-refractivity contribution in [2.24, 2.45) is 0 Å². The Morgan fingerprint density at radius 2 is 1.50 bits per heavy atom. The van der Waals surface area contributed by atoms with E-state index in [-0.39, 0.29) is 0 Å². The number of ether oxygens (including phenoxy) is 1. The van der Waals surface area contributed by atoms with Crippen LogP contribution in [0.5, 0.6) is 5.75 Å². The van der Waals surface area contributed by atoms with Crippen LogP contribution in [-0.4, -0.2) is 22.2 Å². The molecule has 0 saturated heterocycles. The standard InChI is InChI=1S/C30H25NO3/c32-30(33)29-26(19-18-22-10-2-1-3-11-22)25-15-6-7-16-27(25)31(29)20-9-21-34-28-17-8-13-23-12-4-5-14-24(23)28/h1-8,10-19H,9,20-21H2,(H,32,33). The van der Waals surface area contributed by atoms with Gasteiger partial charge in [-0.25, -0.2) is 4.79 Å². The summed E-state index contributed by atoms with van der Waals surface area (Å²) in [6, 6.07) is 31.9. The molecule has 5 rings (SSSR count). The summed E-state index contributed by atoms with van der Waals surface area (Å²) in [5.74, 6) is -0.0840. The van der Waals surface area contributed by atoms with Crippen LogP contribution in [0.2, 0.25) is 0 Å². The summed E-state index contributed by atoms with van der Waals surface area (Å²) >= 11 is 0. The molecule has 5 aromatic rings. The molecule has 34 heavy (non-hydrogen) atoms. The summed E-state index contributed by atoms with van der Waals surface area (Å²) < 4.78 is 7.99. The molecular weight excluding hydrogens is 422 g/mol. The van der Waals surface area contributed by atoms with Gasteiger partial charge >= 0.3 is 5.97 Å². The molecule has 1 heterocycles. The summed E-state index contributed by atoms with van der Waals surface area (Å²) in [6.45, 7) is 1.04. The molecule has 0 aliphatic heterocycles. The van der Waals surface area contributed by atoms with E-state index in [0.717, 1.165) is 38.6 Å². The minimum absolute atomic E-state index is 0.304. The summed E-state index contributed by atoms with van der Waals surface area (Å²) in [6.07, 6.45) is 4.55. The monoisotopic (exact) mass is 447 g/mol. The van der Waals surface area contributed by atoms with E-state index in [2.05, 4.69) is 18.2 Å². The van der Waals surface area contributed by atoms with E-state index in [0.29, 0.717) is 25.3 Å². The molecule has 0 saturated carbocycles. The maximum atomic E-state index is 12.3. The first kappa shape index (κ1) is 21.5. The first-order valence-corrected chi connectivity index (χ1v) is 11.4. The fourth-order valence-electron chi connectivity index (χ4n) is 4.43. The predicted molar refractivity (Wildman–Crippen MR) is 138 cm³/mol. The number of hydrogen-bond acceptors (Lipinski definition) is 2. The number of rotatable bonds is 8. The van der Waals surface area contributed by atoms with E-state index >= 15 is 0 Å². The average Bonchev–Trinajstić information content (AvgIpc) is 3.19. The largest absolute Gasteiger partial charge is 0.493 e. The topological polar surface area (TPSA) is 51.5 Å². The van der Waals surface area contributed by atoms with Gasteiger partial charge in [-0.05, 0) is 29.5 Å². The van der Waals surface area contributed by atoms with Crippen LogP contribution in [0.1, 0.15) is 28.0 Å². The van der Waals surface area contributed by atoms with Gasteiger partial charge in [-0.15, -0.1) is 0 Å². The van der Waals surface area contributed by atoms with E-state index in [9.17, 15) is 9.90 Å². The number of hydrogen-bond donors (Lipinski definition) is 1. The van der Waals surface area contributed by atoms with Crippen LogP contribution in [-0.2, 0) is 6.54 Å². The first-order chi connectivity index (χ1) is 16.7. The van der Waals surface area contributed by atoms with Gasteiger partial charge in [0.05, 0.1) is 6.61 Å². The number of nitrogens with zero attached hydrogens (tertiary/aromatic N) is 1. The van der Waals surface area contributed by atoms with Gasteiger partial charge in [-0.3, -0.25) is 0 Å². The van der Waals surface area contributed by atoms with Crippen molar-refractivity contribution in [2.75, 3.05) is 6.61 Å². The highest BCUT2D eigenvalue weighted by Gasteiger charge is 2.20. The Balaban J connectivity index is 1.41. The maximum Gasteiger partial charge on any atom is 0.353 e. The lowest BCUT2D eigenvalue weighted by Crippen LogP contribution is -2.12. The van der Waals surface area contributed by atoms with Gasteiger partial charge in [0.25, 0.3) is 0 Å². The van der Waals surface area contributed by atoms with E-state index in [1.807, 2.05) is 95.6 Å². The van der Waals surface area contributed by atoms with Gasteiger partial charge in [0.15, 0.2) is 0 Å². The molecule has 0 fully saturated rings. The molecular formula is C30H25NO3. The van der Waals surface area contributed by atoms with Gasteiger partial charge in [0.2, 0.25) is 0 Å². The molecule has 0 unspecified atom stereocenters. The Labute approximate surface area is 198 Å². The summed E-state index contributed by atoms with van der Waals surface area (Å²) in [7, 11) is 0. The quantitative estimate of drug-likeness (QED) is 0.257. The Morgan fingerprint density at radius 1 is 0.794 bits per heavy atom. The molecule has 0 aliphatic carbocycles. The Hall–Kier alpha value is -4.31. The van der Waals surface area contributed by atoms with E-state index in [1.165, 1.54) is 0 Å². The van der Waals surface area contributed by atoms with Crippen molar-refractivity contribution >= 4 is 39.8 Å². The van der Waals surface area contributed by atoms with Crippen molar-refractivity contribution in [3.63, 3.8) is 0 Å². The molecule has 0 amide bonds. The molecule has 1 aromatic heterocycles. The number of fused-ring (bicyclic) bond motifs is 2. The van der Waals surface area contributed by atoms with Crippen LogP contribution in [0.15, 0.2) is 97.1 Å².